The maximum Gasteiger partial charge on any atom is 0.303 e. The molecular weight excluding hydrogens is 258 g/mol. The predicted molar refractivity (Wildman–Crippen MR) is 75.7 cm³/mol. The van der Waals surface area contributed by atoms with Crippen molar-refractivity contribution in [3.05, 3.63) is 29.8 Å². The zero-order valence-electron chi connectivity index (χ0n) is 11.9. The minimum atomic E-state index is -0.923. The summed E-state index contributed by atoms with van der Waals surface area (Å²) in [7, 11) is 0. The van der Waals surface area contributed by atoms with Crippen LogP contribution >= 0.6 is 0 Å². The van der Waals surface area contributed by atoms with Crippen molar-refractivity contribution in [3.8, 4) is 0 Å². The van der Waals surface area contributed by atoms with Gasteiger partial charge < -0.3 is 10.4 Å². The third kappa shape index (κ3) is 5.22. The molecule has 0 spiro atoms. The fourth-order valence-electron chi connectivity index (χ4n) is 1.90. The number of carboxylic acids is 1. The van der Waals surface area contributed by atoms with E-state index in [1.165, 1.54) is 6.92 Å². The van der Waals surface area contributed by atoms with Crippen molar-refractivity contribution in [2.24, 2.45) is 5.41 Å². The normalized spacial score (nSPS) is 10.9. The standard InChI is InChI=1S/C15H19NO4/c1-10(17)11-4-6-12(7-5-11)16-13(18)8-15(2,3)9-14(19)20/h4-7H,8-9H2,1-3H3,(H,16,18)(H,19,20). The highest BCUT2D eigenvalue weighted by atomic mass is 16.4. The molecule has 0 aromatic heterocycles. The Kier molecular flexibility index (Phi) is 5.02. The quantitative estimate of drug-likeness (QED) is 0.783. The minimum absolute atomic E-state index is 0.0366. The lowest BCUT2D eigenvalue weighted by molar-refractivity contribution is -0.139. The lowest BCUT2D eigenvalue weighted by atomic mass is 9.85. The fourth-order valence-corrected chi connectivity index (χ4v) is 1.90. The number of amides is 1. The van der Waals surface area contributed by atoms with Crippen LogP contribution in [-0.4, -0.2) is 22.8 Å². The van der Waals surface area contributed by atoms with Gasteiger partial charge in [0.1, 0.15) is 0 Å². The molecule has 0 unspecified atom stereocenters. The summed E-state index contributed by atoms with van der Waals surface area (Å²) in [5, 5.41) is 11.5. The minimum Gasteiger partial charge on any atom is -0.481 e. The Hall–Kier alpha value is -2.17. The van der Waals surface area contributed by atoms with Crippen molar-refractivity contribution in [3.63, 3.8) is 0 Å². The molecule has 0 radical (unpaired) electrons. The van der Waals surface area contributed by atoms with Crippen molar-refractivity contribution in [1.82, 2.24) is 0 Å². The molecule has 0 atom stereocenters. The molecule has 1 amide bonds. The number of ketones is 1. The summed E-state index contributed by atoms with van der Waals surface area (Å²) in [5.74, 6) is -1.20. The maximum absolute atomic E-state index is 11.9. The highest BCUT2D eigenvalue weighted by Crippen LogP contribution is 2.25. The van der Waals surface area contributed by atoms with Crippen molar-refractivity contribution in [2.45, 2.75) is 33.6 Å². The molecule has 0 saturated carbocycles. The summed E-state index contributed by atoms with van der Waals surface area (Å²) < 4.78 is 0. The van der Waals surface area contributed by atoms with E-state index in [2.05, 4.69) is 5.32 Å². The lowest BCUT2D eigenvalue weighted by Gasteiger charge is -2.21. The Balaban J connectivity index is 2.62. The average molecular weight is 277 g/mol. The summed E-state index contributed by atoms with van der Waals surface area (Å²) in [5.41, 5.74) is 0.565. The van der Waals surface area contributed by atoms with Gasteiger partial charge in [-0.05, 0) is 36.6 Å². The number of carbonyl (C=O) groups excluding carboxylic acids is 2. The topological polar surface area (TPSA) is 83.5 Å². The Labute approximate surface area is 118 Å². The molecule has 20 heavy (non-hydrogen) atoms. The first kappa shape index (κ1) is 15.9. The van der Waals surface area contributed by atoms with Crippen LogP contribution in [0.3, 0.4) is 0 Å². The molecule has 1 rings (SSSR count). The molecule has 108 valence electrons. The number of nitrogens with one attached hydrogen (secondary N) is 1. The van der Waals surface area contributed by atoms with Crippen LogP contribution in [0.5, 0.6) is 0 Å². The molecule has 2 N–H and O–H groups in total. The molecule has 0 aliphatic carbocycles. The highest BCUT2D eigenvalue weighted by molar-refractivity contribution is 5.95. The van der Waals surface area contributed by atoms with Gasteiger partial charge in [-0.25, -0.2) is 0 Å². The van der Waals surface area contributed by atoms with Gasteiger partial charge in [0.15, 0.2) is 5.78 Å². The Morgan fingerprint density at radius 1 is 1.10 bits per heavy atom. The van der Waals surface area contributed by atoms with Gasteiger partial charge in [-0.15, -0.1) is 0 Å². The van der Waals surface area contributed by atoms with E-state index in [4.69, 9.17) is 5.11 Å². The van der Waals surface area contributed by atoms with E-state index in [-0.39, 0.29) is 24.5 Å². The molecule has 5 nitrogen and oxygen atoms in total. The first-order valence-electron chi connectivity index (χ1n) is 6.32. The zero-order valence-corrected chi connectivity index (χ0v) is 11.9. The molecule has 0 aliphatic heterocycles. The summed E-state index contributed by atoms with van der Waals surface area (Å²) >= 11 is 0. The lowest BCUT2D eigenvalue weighted by Crippen LogP contribution is -2.24. The van der Waals surface area contributed by atoms with Crippen molar-refractivity contribution in [2.75, 3.05) is 5.32 Å². The van der Waals surface area contributed by atoms with Gasteiger partial charge >= 0.3 is 5.97 Å². The average Bonchev–Trinajstić information content (AvgIpc) is 2.26. The molecule has 5 heteroatoms. The number of benzene rings is 1. The number of anilines is 1. The van der Waals surface area contributed by atoms with Crippen LogP contribution in [0.4, 0.5) is 5.69 Å². The molecule has 1 aromatic rings. The Morgan fingerprint density at radius 2 is 1.65 bits per heavy atom. The van der Waals surface area contributed by atoms with Crippen LogP contribution in [-0.2, 0) is 9.59 Å². The summed E-state index contributed by atoms with van der Waals surface area (Å²) in [4.78, 5) is 33.7. The van der Waals surface area contributed by atoms with Gasteiger partial charge in [-0.1, -0.05) is 13.8 Å². The smallest absolute Gasteiger partial charge is 0.303 e. The van der Waals surface area contributed by atoms with E-state index in [1.807, 2.05) is 0 Å². The van der Waals surface area contributed by atoms with Gasteiger partial charge in [-0.2, -0.15) is 0 Å². The summed E-state index contributed by atoms with van der Waals surface area (Å²) in [6.45, 7) is 4.95. The molecule has 0 bridgehead atoms. The van der Waals surface area contributed by atoms with E-state index in [0.29, 0.717) is 11.3 Å². The van der Waals surface area contributed by atoms with Crippen LogP contribution in [0.15, 0.2) is 24.3 Å². The number of hydrogen-bond acceptors (Lipinski definition) is 3. The second-order valence-electron chi connectivity index (χ2n) is 5.59. The van der Waals surface area contributed by atoms with E-state index in [9.17, 15) is 14.4 Å². The van der Waals surface area contributed by atoms with Gasteiger partial charge in [0.05, 0.1) is 6.42 Å². The van der Waals surface area contributed by atoms with E-state index >= 15 is 0 Å². The number of hydrogen-bond donors (Lipinski definition) is 2. The number of rotatable bonds is 6. The van der Waals surface area contributed by atoms with Crippen LogP contribution in [0.2, 0.25) is 0 Å². The predicted octanol–water partition coefficient (Wildman–Crippen LogP) is 2.72. The molecule has 0 heterocycles. The Bertz CT molecular complexity index is 517. The van der Waals surface area contributed by atoms with Crippen LogP contribution in [0, 0.1) is 5.41 Å². The first-order valence-corrected chi connectivity index (χ1v) is 6.32. The number of carboxylic acid groups (broad SMARTS) is 1. The van der Waals surface area contributed by atoms with Crippen molar-refractivity contribution < 1.29 is 19.5 Å². The van der Waals surface area contributed by atoms with Gasteiger partial charge in [0.2, 0.25) is 5.91 Å². The third-order valence-corrected chi connectivity index (χ3v) is 2.84. The first-order chi connectivity index (χ1) is 9.19. The van der Waals surface area contributed by atoms with Crippen LogP contribution in [0.25, 0.3) is 0 Å². The molecule has 0 fully saturated rings. The fraction of sp³-hybridized carbons (Fsp3) is 0.400. The largest absolute Gasteiger partial charge is 0.481 e. The highest BCUT2D eigenvalue weighted by Gasteiger charge is 2.25. The second-order valence-corrected chi connectivity index (χ2v) is 5.59. The zero-order chi connectivity index (χ0) is 15.3. The number of Topliss-reactive ketones (excluding diaryl/α,β-unsaturated/α-hetero) is 1. The van der Waals surface area contributed by atoms with E-state index in [0.717, 1.165) is 0 Å². The molecule has 0 saturated heterocycles. The molecule has 0 aliphatic rings. The molecule has 1 aromatic carbocycles. The van der Waals surface area contributed by atoms with E-state index in [1.54, 1.807) is 38.1 Å². The van der Waals surface area contributed by atoms with Gasteiger partial charge in [0.25, 0.3) is 0 Å². The van der Waals surface area contributed by atoms with E-state index < -0.39 is 11.4 Å². The van der Waals surface area contributed by atoms with Gasteiger partial charge in [0, 0.05) is 17.7 Å². The maximum atomic E-state index is 11.9. The monoisotopic (exact) mass is 277 g/mol. The summed E-state index contributed by atoms with van der Waals surface area (Å²) in [6.07, 6.45) is 0.0530. The van der Waals surface area contributed by atoms with Gasteiger partial charge in [-0.3, -0.25) is 14.4 Å². The number of carbonyl (C=O) groups is 3. The van der Waals surface area contributed by atoms with Crippen LogP contribution < -0.4 is 5.32 Å². The Morgan fingerprint density at radius 3 is 2.10 bits per heavy atom. The summed E-state index contributed by atoms with van der Waals surface area (Å²) in [6, 6.07) is 6.58. The second kappa shape index (κ2) is 6.32. The van der Waals surface area contributed by atoms with Crippen LogP contribution in [0.1, 0.15) is 44.0 Å². The molecular formula is C15H19NO4. The SMILES string of the molecule is CC(=O)c1ccc(NC(=O)CC(C)(C)CC(=O)O)cc1. The number of aliphatic carboxylic acids is 1. The third-order valence-electron chi connectivity index (χ3n) is 2.84. The van der Waals surface area contributed by atoms with Crippen molar-refractivity contribution >= 4 is 23.3 Å². The van der Waals surface area contributed by atoms with Crippen molar-refractivity contribution in [1.29, 1.82) is 0 Å².